The lowest BCUT2D eigenvalue weighted by Gasteiger charge is -2.24. The molecule has 0 aliphatic rings. The predicted octanol–water partition coefficient (Wildman–Crippen LogP) is 3.00. The first-order valence-electron chi connectivity index (χ1n) is 7.34. The Kier molecular flexibility index (Phi) is 7.83. The van der Waals surface area contributed by atoms with Gasteiger partial charge in [-0.05, 0) is 37.9 Å². The van der Waals surface area contributed by atoms with Crippen LogP contribution in [-0.2, 0) is 16.6 Å². The first-order valence-corrected chi connectivity index (χ1v) is 8.78. The lowest BCUT2D eigenvalue weighted by Crippen LogP contribution is -2.36. The van der Waals surface area contributed by atoms with E-state index in [1.807, 2.05) is 49.3 Å². The molecule has 0 unspecified atom stereocenters. The van der Waals surface area contributed by atoms with Crippen molar-refractivity contribution < 1.29 is 12.8 Å². The Hall–Kier alpha value is -1.47. The minimum absolute atomic E-state index is 0. The summed E-state index contributed by atoms with van der Waals surface area (Å²) in [4.78, 5) is 1.89. The molecule has 2 aromatic rings. The number of nitrogens with zero attached hydrogens (tertiary/aromatic N) is 2. The second-order valence-electron chi connectivity index (χ2n) is 5.58. The van der Waals surface area contributed by atoms with Crippen LogP contribution in [-0.4, -0.2) is 44.8 Å². The van der Waals surface area contributed by atoms with Crippen molar-refractivity contribution in [2.45, 2.75) is 11.4 Å². The molecule has 0 saturated carbocycles. The highest BCUT2D eigenvalue weighted by Gasteiger charge is 2.25. The fourth-order valence-electron chi connectivity index (χ4n) is 2.16. The molecular weight excluding hydrogens is 351 g/mol. The Morgan fingerprint density at radius 3 is 2.21 bits per heavy atom. The standard InChI is InChI=1S/C17H21FN2O2S.ClH/c1-19(2)11-12-20(14-15-7-4-3-5-8-15)23(21,22)17-10-6-9-16(18)13-17;/h3-10,13H,11-12,14H2,1-2H3;1H. The van der Waals surface area contributed by atoms with Crippen LogP contribution in [0.4, 0.5) is 4.39 Å². The molecule has 0 aromatic heterocycles. The third-order valence-corrected chi connectivity index (χ3v) is 5.27. The molecule has 0 bridgehead atoms. The summed E-state index contributed by atoms with van der Waals surface area (Å²) in [6.07, 6.45) is 0. The van der Waals surface area contributed by atoms with Gasteiger partial charge in [0.25, 0.3) is 0 Å². The number of hydrogen-bond donors (Lipinski definition) is 0. The minimum Gasteiger partial charge on any atom is -0.308 e. The lowest BCUT2D eigenvalue weighted by molar-refractivity contribution is 0.329. The fourth-order valence-corrected chi connectivity index (χ4v) is 3.61. The average Bonchev–Trinajstić information content (AvgIpc) is 2.52. The van der Waals surface area contributed by atoms with Crippen molar-refractivity contribution in [3.63, 3.8) is 0 Å². The summed E-state index contributed by atoms with van der Waals surface area (Å²) in [7, 11) is 0.0181. The van der Waals surface area contributed by atoms with Gasteiger partial charge >= 0.3 is 0 Å². The van der Waals surface area contributed by atoms with E-state index in [1.54, 1.807) is 0 Å². The summed E-state index contributed by atoms with van der Waals surface area (Å²) in [6.45, 7) is 1.18. The van der Waals surface area contributed by atoms with E-state index in [0.717, 1.165) is 11.6 Å². The van der Waals surface area contributed by atoms with Crippen molar-refractivity contribution in [3.8, 4) is 0 Å². The summed E-state index contributed by atoms with van der Waals surface area (Å²) < 4.78 is 40.5. The molecule has 132 valence electrons. The predicted molar refractivity (Wildman–Crippen MR) is 96.2 cm³/mol. The normalized spacial score (nSPS) is 11.5. The lowest BCUT2D eigenvalue weighted by atomic mass is 10.2. The number of halogens is 2. The second-order valence-corrected chi connectivity index (χ2v) is 7.52. The zero-order valence-corrected chi connectivity index (χ0v) is 15.4. The van der Waals surface area contributed by atoms with E-state index in [9.17, 15) is 12.8 Å². The number of likely N-dealkylation sites (N-methyl/N-ethyl adjacent to an activating group) is 1. The van der Waals surface area contributed by atoms with Crippen molar-refractivity contribution in [2.24, 2.45) is 0 Å². The molecule has 0 spiro atoms. The molecule has 0 fully saturated rings. The molecule has 0 heterocycles. The zero-order chi connectivity index (χ0) is 16.9. The summed E-state index contributed by atoms with van der Waals surface area (Å²) in [5, 5.41) is 0. The molecule has 0 aliphatic carbocycles. The molecule has 24 heavy (non-hydrogen) atoms. The molecule has 0 saturated heterocycles. The number of sulfonamides is 1. The van der Waals surface area contributed by atoms with Crippen LogP contribution in [0.25, 0.3) is 0 Å². The quantitative estimate of drug-likeness (QED) is 0.750. The number of benzene rings is 2. The van der Waals surface area contributed by atoms with Gasteiger partial charge in [-0.25, -0.2) is 12.8 Å². The molecule has 0 aliphatic heterocycles. The van der Waals surface area contributed by atoms with Crippen molar-refractivity contribution in [2.75, 3.05) is 27.2 Å². The largest absolute Gasteiger partial charge is 0.308 e. The molecule has 4 nitrogen and oxygen atoms in total. The van der Waals surface area contributed by atoms with Gasteiger partial charge < -0.3 is 4.90 Å². The van der Waals surface area contributed by atoms with Gasteiger partial charge in [0, 0.05) is 19.6 Å². The van der Waals surface area contributed by atoms with Crippen molar-refractivity contribution in [3.05, 3.63) is 66.0 Å². The molecule has 2 rings (SSSR count). The minimum atomic E-state index is -3.75. The Morgan fingerprint density at radius 2 is 1.62 bits per heavy atom. The topological polar surface area (TPSA) is 40.6 Å². The van der Waals surface area contributed by atoms with Crippen molar-refractivity contribution >= 4 is 22.4 Å². The summed E-state index contributed by atoms with van der Waals surface area (Å²) in [5.41, 5.74) is 0.895. The van der Waals surface area contributed by atoms with Gasteiger partial charge in [-0.15, -0.1) is 12.4 Å². The molecule has 0 radical (unpaired) electrons. The van der Waals surface area contributed by atoms with Crippen LogP contribution in [0.5, 0.6) is 0 Å². The first-order chi connectivity index (χ1) is 10.9. The molecule has 0 amide bonds. The van der Waals surface area contributed by atoms with Gasteiger partial charge in [-0.1, -0.05) is 36.4 Å². The van der Waals surface area contributed by atoms with E-state index in [4.69, 9.17) is 0 Å². The fraction of sp³-hybridized carbons (Fsp3) is 0.294. The highest BCUT2D eigenvalue weighted by atomic mass is 35.5. The third kappa shape index (κ3) is 5.56. The van der Waals surface area contributed by atoms with Crippen LogP contribution in [0.2, 0.25) is 0 Å². The van der Waals surface area contributed by atoms with Crippen molar-refractivity contribution in [1.82, 2.24) is 9.21 Å². The molecule has 2 aromatic carbocycles. The first kappa shape index (κ1) is 20.6. The van der Waals surface area contributed by atoms with Gasteiger partial charge in [0.15, 0.2) is 0 Å². The van der Waals surface area contributed by atoms with E-state index in [-0.39, 0.29) is 23.8 Å². The summed E-state index contributed by atoms with van der Waals surface area (Å²) >= 11 is 0. The van der Waals surface area contributed by atoms with Crippen molar-refractivity contribution in [1.29, 1.82) is 0 Å². The molecule has 0 atom stereocenters. The van der Waals surface area contributed by atoms with Gasteiger partial charge in [0.1, 0.15) is 5.82 Å². The molecule has 7 heteroatoms. The smallest absolute Gasteiger partial charge is 0.243 e. The van der Waals surface area contributed by atoms with Crippen LogP contribution in [0.3, 0.4) is 0 Å². The van der Waals surface area contributed by atoms with Gasteiger partial charge in [0.2, 0.25) is 10.0 Å². The van der Waals surface area contributed by atoms with E-state index in [1.165, 1.54) is 22.5 Å². The molecule has 0 N–H and O–H groups in total. The van der Waals surface area contributed by atoms with Crippen LogP contribution >= 0.6 is 12.4 Å². The number of rotatable bonds is 7. The third-order valence-electron chi connectivity index (χ3n) is 3.43. The van der Waals surface area contributed by atoms with Gasteiger partial charge in [-0.3, -0.25) is 0 Å². The zero-order valence-electron chi connectivity index (χ0n) is 13.7. The van der Waals surface area contributed by atoms with Crippen LogP contribution < -0.4 is 0 Å². The maximum absolute atomic E-state index is 13.4. The highest BCUT2D eigenvalue weighted by molar-refractivity contribution is 7.89. The maximum Gasteiger partial charge on any atom is 0.243 e. The monoisotopic (exact) mass is 372 g/mol. The summed E-state index contributed by atoms with van der Waals surface area (Å²) in [6, 6.07) is 14.5. The molecular formula is C17H22ClFN2O2S. The van der Waals surface area contributed by atoms with Crippen LogP contribution in [0.1, 0.15) is 5.56 Å². The maximum atomic E-state index is 13.4. The highest BCUT2D eigenvalue weighted by Crippen LogP contribution is 2.19. The SMILES string of the molecule is CN(C)CCN(Cc1ccccc1)S(=O)(=O)c1cccc(F)c1.Cl. The Labute approximate surface area is 149 Å². The van der Waals surface area contributed by atoms with Crippen LogP contribution in [0, 0.1) is 5.82 Å². The van der Waals surface area contributed by atoms with E-state index in [2.05, 4.69) is 0 Å². The Bertz CT molecular complexity index is 739. The van der Waals surface area contributed by atoms with E-state index in [0.29, 0.717) is 13.1 Å². The average molecular weight is 373 g/mol. The Morgan fingerprint density at radius 1 is 0.958 bits per heavy atom. The van der Waals surface area contributed by atoms with Crippen LogP contribution in [0.15, 0.2) is 59.5 Å². The number of hydrogen-bond acceptors (Lipinski definition) is 3. The van der Waals surface area contributed by atoms with Gasteiger partial charge in [-0.2, -0.15) is 4.31 Å². The van der Waals surface area contributed by atoms with E-state index < -0.39 is 15.8 Å². The Balaban J connectivity index is 0.00000288. The van der Waals surface area contributed by atoms with E-state index >= 15 is 0 Å². The summed E-state index contributed by atoms with van der Waals surface area (Å²) in [5.74, 6) is -0.557. The second kappa shape index (κ2) is 9.13. The van der Waals surface area contributed by atoms with Gasteiger partial charge in [0.05, 0.1) is 4.90 Å².